The minimum atomic E-state index is -0.387. The van der Waals surface area contributed by atoms with Gasteiger partial charge >= 0.3 is 0 Å². The first-order valence-corrected chi connectivity index (χ1v) is 7.93. The number of aromatic nitrogens is 3. The van der Waals surface area contributed by atoms with Crippen molar-refractivity contribution in [3.63, 3.8) is 0 Å². The van der Waals surface area contributed by atoms with Crippen LogP contribution in [0, 0.1) is 10.1 Å². The Morgan fingerprint density at radius 1 is 1.29 bits per heavy atom. The first-order chi connectivity index (χ1) is 11.7. The van der Waals surface area contributed by atoms with Gasteiger partial charge in [0, 0.05) is 42.1 Å². The van der Waals surface area contributed by atoms with Crippen molar-refractivity contribution in [3.8, 4) is 11.3 Å². The Labute approximate surface area is 138 Å². The maximum atomic E-state index is 11.1. The second kappa shape index (κ2) is 6.01. The summed E-state index contributed by atoms with van der Waals surface area (Å²) < 4.78 is 7.62. The number of nitrogens with zero attached hydrogens (tertiary/aromatic N) is 4. The zero-order chi connectivity index (χ0) is 16.5. The molecule has 1 aliphatic rings. The van der Waals surface area contributed by atoms with E-state index in [4.69, 9.17) is 9.84 Å². The van der Waals surface area contributed by atoms with E-state index in [0.29, 0.717) is 6.61 Å². The smallest absolute Gasteiger partial charge is 0.271 e. The lowest BCUT2D eigenvalue weighted by Crippen LogP contribution is -2.19. The maximum absolute atomic E-state index is 11.1. The molecule has 0 aliphatic carbocycles. The predicted octanol–water partition coefficient (Wildman–Crippen LogP) is 3.71. The molecule has 1 aromatic carbocycles. The van der Waals surface area contributed by atoms with Gasteiger partial charge in [-0.3, -0.25) is 15.1 Å². The van der Waals surface area contributed by atoms with Gasteiger partial charge in [0.1, 0.15) is 5.69 Å². The largest absolute Gasteiger partial charge is 0.356 e. The van der Waals surface area contributed by atoms with E-state index in [-0.39, 0.29) is 16.8 Å². The van der Waals surface area contributed by atoms with E-state index in [9.17, 15) is 10.1 Å². The van der Waals surface area contributed by atoms with Gasteiger partial charge < -0.3 is 4.74 Å². The van der Waals surface area contributed by atoms with Crippen molar-refractivity contribution in [2.45, 2.75) is 25.5 Å². The molecule has 1 fully saturated rings. The van der Waals surface area contributed by atoms with E-state index in [2.05, 4.69) is 4.98 Å². The van der Waals surface area contributed by atoms with Crippen LogP contribution in [-0.4, -0.2) is 26.3 Å². The number of hydrogen-bond acceptors (Lipinski definition) is 5. The summed E-state index contributed by atoms with van der Waals surface area (Å²) in [4.78, 5) is 14.9. The molecule has 0 spiro atoms. The standard InChI is InChI=1S/C17H16N4O3/c22-21(23)13-6-7-14-15(10-13)20(16-5-1-2-9-24-16)19-17(14)12-4-3-8-18-11-12/h3-4,6-8,10-11,16H,1-2,5,9H2. The summed E-state index contributed by atoms with van der Waals surface area (Å²) in [5, 5.41) is 16.7. The number of ether oxygens (including phenoxy) is 1. The number of non-ortho nitro benzene ring substituents is 1. The lowest BCUT2D eigenvalue weighted by atomic mass is 10.1. The van der Waals surface area contributed by atoms with E-state index in [1.54, 1.807) is 29.2 Å². The monoisotopic (exact) mass is 324 g/mol. The highest BCUT2D eigenvalue weighted by Gasteiger charge is 2.23. The molecule has 4 rings (SSSR count). The minimum Gasteiger partial charge on any atom is -0.356 e. The van der Waals surface area contributed by atoms with Crippen molar-refractivity contribution < 1.29 is 9.66 Å². The lowest BCUT2D eigenvalue weighted by molar-refractivity contribution is -0.384. The van der Waals surface area contributed by atoms with Crippen molar-refractivity contribution in [1.29, 1.82) is 0 Å². The molecule has 0 saturated carbocycles. The number of fused-ring (bicyclic) bond motifs is 1. The Balaban J connectivity index is 1.92. The van der Waals surface area contributed by atoms with Crippen molar-refractivity contribution in [3.05, 3.63) is 52.8 Å². The van der Waals surface area contributed by atoms with Crippen LogP contribution in [0.3, 0.4) is 0 Å². The summed E-state index contributed by atoms with van der Waals surface area (Å²) >= 11 is 0. The first kappa shape index (κ1) is 14.8. The highest BCUT2D eigenvalue weighted by Crippen LogP contribution is 2.34. The third-order valence-electron chi connectivity index (χ3n) is 4.27. The van der Waals surface area contributed by atoms with Gasteiger partial charge in [0.25, 0.3) is 5.69 Å². The zero-order valence-corrected chi connectivity index (χ0v) is 13.0. The molecule has 24 heavy (non-hydrogen) atoms. The topological polar surface area (TPSA) is 83.1 Å². The Bertz CT molecular complexity index is 885. The molecule has 0 N–H and O–H groups in total. The SMILES string of the molecule is O=[N+]([O-])c1ccc2c(-c3cccnc3)nn(C3CCCCO3)c2c1. The normalized spacial score (nSPS) is 17.9. The van der Waals surface area contributed by atoms with Crippen molar-refractivity contribution >= 4 is 16.6 Å². The summed E-state index contributed by atoms with van der Waals surface area (Å²) in [5.41, 5.74) is 2.42. The number of hydrogen-bond donors (Lipinski definition) is 0. The van der Waals surface area contributed by atoms with E-state index < -0.39 is 0 Å². The summed E-state index contributed by atoms with van der Waals surface area (Å²) in [5.74, 6) is 0. The molecule has 0 radical (unpaired) electrons. The van der Waals surface area contributed by atoms with Crippen LogP contribution in [0.1, 0.15) is 25.5 Å². The fourth-order valence-corrected chi connectivity index (χ4v) is 3.09. The van der Waals surface area contributed by atoms with Crippen LogP contribution in [0.4, 0.5) is 5.69 Å². The van der Waals surface area contributed by atoms with Crippen LogP contribution in [0.15, 0.2) is 42.7 Å². The van der Waals surface area contributed by atoms with Gasteiger partial charge in [-0.25, -0.2) is 4.68 Å². The number of pyridine rings is 1. The van der Waals surface area contributed by atoms with Crippen molar-refractivity contribution in [2.75, 3.05) is 6.61 Å². The average molecular weight is 324 g/mol. The second-order valence-electron chi connectivity index (χ2n) is 5.81. The Hall–Kier alpha value is -2.80. The number of benzene rings is 1. The summed E-state index contributed by atoms with van der Waals surface area (Å²) in [6.07, 6.45) is 6.21. The molecular weight excluding hydrogens is 308 g/mol. The van der Waals surface area contributed by atoms with Gasteiger partial charge in [-0.2, -0.15) is 5.10 Å². The first-order valence-electron chi connectivity index (χ1n) is 7.93. The molecule has 1 unspecified atom stereocenters. The van der Waals surface area contributed by atoms with Gasteiger partial charge in [-0.05, 0) is 37.5 Å². The van der Waals surface area contributed by atoms with Gasteiger partial charge in [0.2, 0.25) is 0 Å². The van der Waals surface area contributed by atoms with Crippen LogP contribution in [0.2, 0.25) is 0 Å². The molecule has 7 heteroatoms. The molecule has 3 heterocycles. The maximum Gasteiger partial charge on any atom is 0.271 e. The molecular formula is C17H16N4O3. The second-order valence-corrected chi connectivity index (χ2v) is 5.81. The van der Waals surface area contributed by atoms with E-state index in [1.165, 1.54) is 6.07 Å². The third kappa shape index (κ3) is 2.52. The molecule has 7 nitrogen and oxygen atoms in total. The molecule has 2 aromatic heterocycles. The van der Waals surface area contributed by atoms with Crippen LogP contribution in [-0.2, 0) is 4.74 Å². The van der Waals surface area contributed by atoms with Gasteiger partial charge in [0.15, 0.2) is 6.23 Å². The third-order valence-corrected chi connectivity index (χ3v) is 4.27. The van der Waals surface area contributed by atoms with E-state index in [0.717, 1.165) is 41.4 Å². The van der Waals surface area contributed by atoms with Crippen LogP contribution in [0.5, 0.6) is 0 Å². The average Bonchev–Trinajstić information content (AvgIpc) is 3.02. The fourth-order valence-electron chi connectivity index (χ4n) is 3.09. The Kier molecular flexibility index (Phi) is 3.70. The van der Waals surface area contributed by atoms with E-state index in [1.807, 2.05) is 12.1 Å². The summed E-state index contributed by atoms with van der Waals surface area (Å²) in [6.45, 7) is 0.684. The van der Waals surface area contributed by atoms with Crippen LogP contribution in [0.25, 0.3) is 22.2 Å². The fraction of sp³-hybridized carbons (Fsp3) is 0.294. The quantitative estimate of drug-likeness (QED) is 0.542. The predicted molar refractivity (Wildman–Crippen MR) is 88.5 cm³/mol. The van der Waals surface area contributed by atoms with E-state index >= 15 is 0 Å². The summed E-state index contributed by atoms with van der Waals surface area (Å²) in [6, 6.07) is 8.61. The van der Waals surface area contributed by atoms with Gasteiger partial charge in [-0.1, -0.05) is 0 Å². The zero-order valence-electron chi connectivity index (χ0n) is 13.0. The highest BCUT2D eigenvalue weighted by atomic mass is 16.6. The minimum absolute atomic E-state index is 0.0530. The lowest BCUT2D eigenvalue weighted by Gasteiger charge is -2.23. The Morgan fingerprint density at radius 2 is 2.21 bits per heavy atom. The molecule has 0 amide bonds. The number of rotatable bonds is 3. The molecule has 1 saturated heterocycles. The van der Waals surface area contributed by atoms with Crippen molar-refractivity contribution in [1.82, 2.24) is 14.8 Å². The van der Waals surface area contributed by atoms with Crippen LogP contribution >= 0.6 is 0 Å². The summed E-state index contributed by atoms with van der Waals surface area (Å²) in [7, 11) is 0. The van der Waals surface area contributed by atoms with Crippen molar-refractivity contribution in [2.24, 2.45) is 0 Å². The van der Waals surface area contributed by atoms with Crippen LogP contribution < -0.4 is 0 Å². The highest BCUT2D eigenvalue weighted by molar-refractivity contribution is 5.94. The molecule has 1 atom stereocenters. The molecule has 3 aromatic rings. The Morgan fingerprint density at radius 3 is 2.92 bits per heavy atom. The van der Waals surface area contributed by atoms with Gasteiger partial charge in [0.05, 0.1) is 10.4 Å². The van der Waals surface area contributed by atoms with Gasteiger partial charge in [-0.15, -0.1) is 0 Å². The number of nitro benzene ring substituents is 1. The molecule has 1 aliphatic heterocycles. The molecule has 0 bridgehead atoms. The number of nitro groups is 1. The molecule has 122 valence electrons.